The zero-order chi connectivity index (χ0) is 11.9. The van der Waals surface area contributed by atoms with Gasteiger partial charge in [-0.3, -0.25) is 10.3 Å². The van der Waals surface area contributed by atoms with E-state index in [1.165, 1.54) is 11.1 Å². The minimum Gasteiger partial charge on any atom is -0.380 e. The maximum atomic E-state index is 6.11. The Morgan fingerprint density at radius 2 is 1.88 bits per heavy atom. The van der Waals surface area contributed by atoms with Crippen molar-refractivity contribution in [2.45, 2.75) is 0 Å². The average Bonchev–Trinajstić information content (AvgIpc) is 2.56. The van der Waals surface area contributed by atoms with Gasteiger partial charge in [0.05, 0.1) is 0 Å². The molecule has 0 radical (unpaired) electrons. The number of allylic oxidation sites excluding steroid dienone is 1. The summed E-state index contributed by atoms with van der Waals surface area (Å²) in [5, 5.41) is 17.6. The highest BCUT2D eigenvalue weighted by molar-refractivity contribution is 8.35. The maximum absolute atomic E-state index is 6.11. The summed E-state index contributed by atoms with van der Waals surface area (Å²) in [6.45, 7) is 0.774. The molecule has 1 aromatic carbocycles. The molecule has 5 N–H and O–H groups in total. The Kier molecular flexibility index (Phi) is 2.36. The van der Waals surface area contributed by atoms with Crippen LogP contribution in [0.25, 0.3) is 6.08 Å². The highest BCUT2D eigenvalue weighted by Crippen LogP contribution is 2.50. The van der Waals surface area contributed by atoms with E-state index in [4.69, 9.17) is 10.3 Å². The molecule has 0 bridgehead atoms. The monoisotopic (exact) mass is 245 g/mol. The van der Waals surface area contributed by atoms with Gasteiger partial charge in [-0.05, 0) is 34.8 Å². The minimum absolute atomic E-state index is 0.774. The van der Waals surface area contributed by atoms with E-state index in [2.05, 4.69) is 29.6 Å². The zero-order valence-corrected chi connectivity index (χ0v) is 10.2. The third-order valence-electron chi connectivity index (χ3n) is 3.04. The smallest absolute Gasteiger partial charge is 0.0416 e. The van der Waals surface area contributed by atoms with E-state index in [0.29, 0.717) is 0 Å². The summed E-state index contributed by atoms with van der Waals surface area (Å²) >= 11 is 0. The number of nitrogens with two attached hydrogens (primary N) is 2. The van der Waals surface area contributed by atoms with Crippen molar-refractivity contribution >= 4 is 22.2 Å². The molecule has 2 heterocycles. The van der Waals surface area contributed by atoms with Crippen LogP contribution in [0.15, 0.2) is 52.3 Å². The average molecular weight is 245 g/mol. The lowest BCUT2D eigenvalue weighted by Gasteiger charge is -2.26. The first-order chi connectivity index (χ1) is 8.17. The summed E-state index contributed by atoms with van der Waals surface area (Å²) in [6, 6.07) is 8.22. The van der Waals surface area contributed by atoms with E-state index < -0.39 is 10.4 Å². The predicted molar refractivity (Wildman–Crippen MR) is 76.1 cm³/mol. The summed E-state index contributed by atoms with van der Waals surface area (Å²) in [5.74, 6) is 0. The predicted octanol–water partition coefficient (Wildman–Crippen LogP) is 2.46. The van der Waals surface area contributed by atoms with Crippen LogP contribution in [0, 0.1) is 0 Å². The molecule has 0 spiro atoms. The number of hydrogen-bond acceptors (Lipinski definition) is 3. The Morgan fingerprint density at radius 1 is 1.06 bits per heavy atom. The fourth-order valence-corrected chi connectivity index (χ4v) is 3.54. The molecular weight excluding hydrogens is 230 g/mol. The Hall–Kier alpha value is -1.49. The molecule has 0 atom stereocenters. The molecular formula is C13H15N3S. The maximum Gasteiger partial charge on any atom is 0.0416 e. The molecule has 88 valence electrons. The largest absolute Gasteiger partial charge is 0.380 e. The molecule has 1 aromatic rings. The summed E-state index contributed by atoms with van der Waals surface area (Å²) in [5.41, 5.74) is 3.50. The van der Waals surface area contributed by atoms with Crippen molar-refractivity contribution in [2.24, 2.45) is 10.3 Å². The van der Waals surface area contributed by atoms with Crippen molar-refractivity contribution in [3.63, 3.8) is 0 Å². The second kappa shape index (κ2) is 3.77. The van der Waals surface area contributed by atoms with Crippen molar-refractivity contribution in [2.75, 3.05) is 11.9 Å². The van der Waals surface area contributed by atoms with Crippen molar-refractivity contribution in [3.05, 3.63) is 57.9 Å². The van der Waals surface area contributed by atoms with E-state index in [0.717, 1.165) is 17.1 Å². The van der Waals surface area contributed by atoms with E-state index in [9.17, 15) is 0 Å². The number of hydrogen-bond donors (Lipinski definition) is 3. The summed E-state index contributed by atoms with van der Waals surface area (Å²) in [6.07, 6.45) is 6.17. The normalized spacial score (nSPS) is 22.2. The lowest BCUT2D eigenvalue weighted by Crippen LogP contribution is -2.18. The molecule has 3 nitrogen and oxygen atoms in total. The van der Waals surface area contributed by atoms with Crippen molar-refractivity contribution in [1.82, 2.24) is 0 Å². The molecule has 0 saturated carbocycles. The first-order valence-corrected chi connectivity index (χ1v) is 7.30. The first kappa shape index (κ1) is 10.7. The Bertz CT molecular complexity index is 556. The second-order valence-electron chi connectivity index (χ2n) is 4.23. The molecule has 0 aliphatic carbocycles. The molecule has 0 amide bonds. The zero-order valence-electron chi connectivity index (χ0n) is 9.39. The lowest BCUT2D eigenvalue weighted by molar-refractivity contribution is 1.25. The molecule has 0 saturated heterocycles. The highest BCUT2D eigenvalue weighted by Gasteiger charge is 2.23. The van der Waals surface area contributed by atoms with Gasteiger partial charge in [0.25, 0.3) is 0 Å². The fraction of sp³-hybridized carbons (Fsp3) is 0.0769. The molecule has 0 fully saturated rings. The topological polar surface area (TPSA) is 64.1 Å². The third-order valence-corrected chi connectivity index (χ3v) is 4.78. The molecule has 3 rings (SSSR count). The number of para-hydroxylation sites is 1. The summed E-state index contributed by atoms with van der Waals surface area (Å²) in [4.78, 5) is 1.07. The first-order valence-electron chi connectivity index (χ1n) is 5.48. The van der Waals surface area contributed by atoms with Crippen LogP contribution in [0.3, 0.4) is 0 Å². The highest BCUT2D eigenvalue weighted by atomic mass is 32.3. The van der Waals surface area contributed by atoms with Gasteiger partial charge in [-0.25, -0.2) is 0 Å². The summed E-state index contributed by atoms with van der Waals surface area (Å²) < 4.78 is 0. The van der Waals surface area contributed by atoms with Crippen molar-refractivity contribution < 1.29 is 0 Å². The number of nitrogens with one attached hydrogen (secondary N) is 1. The van der Waals surface area contributed by atoms with Crippen LogP contribution >= 0.6 is 10.4 Å². The van der Waals surface area contributed by atoms with Crippen LogP contribution in [0.5, 0.6) is 0 Å². The SMILES string of the molecule is NS1(N)C=CC2=C1C=Cc1ccccc1NC2. The molecule has 2 aliphatic rings. The van der Waals surface area contributed by atoms with Gasteiger partial charge in [0.1, 0.15) is 0 Å². The van der Waals surface area contributed by atoms with Gasteiger partial charge in [0.15, 0.2) is 0 Å². The van der Waals surface area contributed by atoms with Crippen LogP contribution in [0.2, 0.25) is 0 Å². The molecule has 4 heteroatoms. The van der Waals surface area contributed by atoms with Crippen LogP contribution in [0.4, 0.5) is 5.69 Å². The minimum atomic E-state index is -1.72. The molecule has 2 aliphatic heterocycles. The van der Waals surface area contributed by atoms with E-state index >= 15 is 0 Å². The van der Waals surface area contributed by atoms with Gasteiger partial charge >= 0.3 is 0 Å². The van der Waals surface area contributed by atoms with Crippen LogP contribution < -0.4 is 15.6 Å². The quantitative estimate of drug-likeness (QED) is 0.658. The molecule has 17 heavy (non-hydrogen) atoms. The van der Waals surface area contributed by atoms with Gasteiger partial charge in [-0.2, -0.15) is 0 Å². The van der Waals surface area contributed by atoms with Crippen molar-refractivity contribution in [3.8, 4) is 0 Å². The third kappa shape index (κ3) is 1.80. The molecule has 0 unspecified atom stereocenters. The van der Waals surface area contributed by atoms with Gasteiger partial charge in [0.2, 0.25) is 0 Å². The Balaban J connectivity index is 2.06. The lowest BCUT2D eigenvalue weighted by atomic mass is 10.1. The van der Waals surface area contributed by atoms with E-state index in [-0.39, 0.29) is 0 Å². The van der Waals surface area contributed by atoms with Crippen LogP contribution in [-0.2, 0) is 0 Å². The number of fused-ring (bicyclic) bond motifs is 1. The van der Waals surface area contributed by atoms with Crippen LogP contribution in [0.1, 0.15) is 5.56 Å². The number of anilines is 1. The van der Waals surface area contributed by atoms with Crippen LogP contribution in [-0.4, -0.2) is 6.54 Å². The van der Waals surface area contributed by atoms with Gasteiger partial charge in [0, 0.05) is 17.1 Å². The second-order valence-corrected chi connectivity index (χ2v) is 6.46. The molecule has 0 aromatic heterocycles. The summed E-state index contributed by atoms with van der Waals surface area (Å²) in [7, 11) is -1.72. The standard InChI is InChI=1S/C13H15N3S/c14-17(15)8-7-11-9-16-12-4-2-1-3-10(12)5-6-13(11)17/h1-8,16H,9,14-15H2. The van der Waals surface area contributed by atoms with Crippen molar-refractivity contribution in [1.29, 1.82) is 0 Å². The fourth-order valence-electron chi connectivity index (χ4n) is 2.11. The van der Waals surface area contributed by atoms with Gasteiger partial charge in [-0.1, -0.05) is 34.7 Å². The van der Waals surface area contributed by atoms with Gasteiger partial charge < -0.3 is 5.32 Å². The number of benzene rings is 1. The van der Waals surface area contributed by atoms with Gasteiger partial charge in [-0.15, -0.1) is 0 Å². The Labute approximate surface area is 102 Å². The number of rotatable bonds is 0. The van der Waals surface area contributed by atoms with E-state index in [1.54, 1.807) is 0 Å². The van der Waals surface area contributed by atoms with E-state index in [1.807, 2.05) is 23.6 Å². The Morgan fingerprint density at radius 3 is 2.76 bits per heavy atom.